The van der Waals surface area contributed by atoms with Crippen LogP contribution in [0.4, 0.5) is 0 Å². The first-order chi connectivity index (χ1) is 7.54. The van der Waals surface area contributed by atoms with Crippen LogP contribution in [0.5, 0.6) is 5.75 Å². The number of rotatable bonds is 2. The van der Waals surface area contributed by atoms with E-state index in [2.05, 4.69) is 0 Å². The summed E-state index contributed by atoms with van der Waals surface area (Å²) in [7, 11) is 1.60. The molecular weight excluding hydrogens is 204 g/mol. The van der Waals surface area contributed by atoms with Crippen molar-refractivity contribution >= 4 is 16.8 Å². The Morgan fingerprint density at radius 2 is 2.00 bits per heavy atom. The fourth-order valence-corrected chi connectivity index (χ4v) is 1.91. The van der Waals surface area contributed by atoms with Crippen LogP contribution >= 0.6 is 0 Å². The summed E-state index contributed by atoms with van der Waals surface area (Å²) >= 11 is 0. The molecule has 0 aliphatic carbocycles. The Bertz CT molecular complexity index is 564. The second-order valence-corrected chi connectivity index (χ2v) is 3.96. The highest BCUT2D eigenvalue weighted by Gasteiger charge is 2.17. The van der Waals surface area contributed by atoms with Gasteiger partial charge in [-0.1, -0.05) is 0 Å². The fraction of sp³-hybridized carbons (Fsp3) is 0.308. The van der Waals surface area contributed by atoms with Crippen molar-refractivity contribution in [2.24, 2.45) is 0 Å². The Kier molecular flexibility index (Phi) is 2.46. The molecule has 2 aromatic rings. The predicted molar refractivity (Wildman–Crippen MR) is 62.2 cm³/mol. The van der Waals surface area contributed by atoms with E-state index in [4.69, 9.17) is 9.15 Å². The summed E-state index contributed by atoms with van der Waals surface area (Å²) in [6.45, 7) is 5.38. The van der Waals surface area contributed by atoms with Crippen LogP contribution in [-0.4, -0.2) is 12.9 Å². The Morgan fingerprint density at radius 3 is 2.56 bits per heavy atom. The van der Waals surface area contributed by atoms with Gasteiger partial charge in [0.1, 0.15) is 0 Å². The molecule has 0 bridgehead atoms. The highest BCUT2D eigenvalue weighted by molar-refractivity contribution is 6.00. The number of aryl methyl sites for hydroxylation is 2. The average molecular weight is 218 g/mol. The van der Waals surface area contributed by atoms with Crippen LogP contribution in [0.1, 0.15) is 28.6 Å². The molecule has 0 spiro atoms. The van der Waals surface area contributed by atoms with Gasteiger partial charge in [0.05, 0.1) is 7.11 Å². The molecule has 0 N–H and O–H groups in total. The highest BCUT2D eigenvalue weighted by atomic mass is 16.5. The topological polar surface area (TPSA) is 39.4 Å². The van der Waals surface area contributed by atoms with Gasteiger partial charge in [0, 0.05) is 17.9 Å². The Balaban J connectivity index is 2.85. The molecule has 1 aromatic carbocycles. The molecule has 84 valence electrons. The molecule has 0 radical (unpaired) electrons. The quantitative estimate of drug-likeness (QED) is 0.726. The Hall–Kier alpha value is -1.77. The molecule has 0 unspecified atom stereocenters. The van der Waals surface area contributed by atoms with Crippen molar-refractivity contribution in [2.45, 2.75) is 20.8 Å². The minimum Gasteiger partial charge on any atom is -0.493 e. The summed E-state index contributed by atoms with van der Waals surface area (Å²) in [5.41, 5.74) is 2.61. The molecule has 3 nitrogen and oxygen atoms in total. The van der Waals surface area contributed by atoms with Gasteiger partial charge in [-0.3, -0.25) is 4.79 Å². The number of hydrogen-bond acceptors (Lipinski definition) is 3. The van der Waals surface area contributed by atoms with Gasteiger partial charge in [0.25, 0.3) is 0 Å². The number of ketones is 1. The van der Waals surface area contributed by atoms with E-state index in [9.17, 15) is 4.79 Å². The Labute approximate surface area is 94.0 Å². The Morgan fingerprint density at radius 1 is 1.31 bits per heavy atom. The standard InChI is InChI=1S/C13H14O3/c1-7-5-10-8(2)12(9(3)14)16-13(10)11(6-7)15-4/h5-6H,1-4H3. The molecule has 1 aromatic heterocycles. The van der Waals surface area contributed by atoms with Crippen molar-refractivity contribution in [3.05, 3.63) is 29.0 Å². The minimum atomic E-state index is -0.0617. The zero-order valence-electron chi connectivity index (χ0n) is 9.88. The molecule has 0 saturated heterocycles. The lowest BCUT2D eigenvalue weighted by molar-refractivity contribution is 0.0988. The first-order valence-electron chi connectivity index (χ1n) is 5.13. The highest BCUT2D eigenvalue weighted by Crippen LogP contribution is 2.33. The summed E-state index contributed by atoms with van der Waals surface area (Å²) in [5, 5.41) is 0.946. The van der Waals surface area contributed by atoms with Crippen LogP contribution < -0.4 is 4.74 Å². The third-order valence-electron chi connectivity index (χ3n) is 2.69. The SMILES string of the molecule is COc1cc(C)cc2c(C)c(C(C)=O)oc12. The molecule has 0 fully saturated rings. The van der Waals surface area contributed by atoms with Gasteiger partial charge in [0.15, 0.2) is 22.9 Å². The number of carbonyl (C=O) groups excluding carboxylic acids is 1. The zero-order chi connectivity index (χ0) is 11.9. The molecule has 3 heteroatoms. The van der Waals surface area contributed by atoms with Crippen molar-refractivity contribution in [3.63, 3.8) is 0 Å². The molecule has 1 heterocycles. The van der Waals surface area contributed by atoms with Gasteiger partial charge in [-0.05, 0) is 31.5 Å². The first-order valence-corrected chi connectivity index (χ1v) is 5.13. The van der Waals surface area contributed by atoms with Crippen molar-refractivity contribution in [1.29, 1.82) is 0 Å². The van der Waals surface area contributed by atoms with E-state index in [0.29, 0.717) is 17.1 Å². The van der Waals surface area contributed by atoms with E-state index in [-0.39, 0.29) is 5.78 Å². The van der Waals surface area contributed by atoms with E-state index in [0.717, 1.165) is 16.5 Å². The van der Waals surface area contributed by atoms with Gasteiger partial charge in [-0.25, -0.2) is 0 Å². The summed E-state index contributed by atoms with van der Waals surface area (Å²) in [6.07, 6.45) is 0. The largest absolute Gasteiger partial charge is 0.493 e. The van der Waals surface area contributed by atoms with Gasteiger partial charge in [-0.15, -0.1) is 0 Å². The smallest absolute Gasteiger partial charge is 0.195 e. The maximum absolute atomic E-state index is 11.4. The van der Waals surface area contributed by atoms with Crippen molar-refractivity contribution in [3.8, 4) is 5.75 Å². The maximum Gasteiger partial charge on any atom is 0.195 e. The van der Waals surface area contributed by atoms with Crippen molar-refractivity contribution in [1.82, 2.24) is 0 Å². The molecule has 0 aliphatic rings. The van der Waals surface area contributed by atoms with Crippen LogP contribution in [0, 0.1) is 13.8 Å². The lowest BCUT2D eigenvalue weighted by atomic mass is 10.1. The first kappa shape index (κ1) is 10.7. The third-order valence-corrected chi connectivity index (χ3v) is 2.69. The average Bonchev–Trinajstić information content (AvgIpc) is 2.55. The van der Waals surface area contributed by atoms with Gasteiger partial charge in [-0.2, -0.15) is 0 Å². The van der Waals surface area contributed by atoms with E-state index >= 15 is 0 Å². The summed E-state index contributed by atoms with van der Waals surface area (Å²) in [5.74, 6) is 1.03. The number of benzene rings is 1. The predicted octanol–water partition coefficient (Wildman–Crippen LogP) is 3.26. The summed E-state index contributed by atoms with van der Waals surface area (Å²) < 4.78 is 10.8. The summed E-state index contributed by atoms with van der Waals surface area (Å²) in [4.78, 5) is 11.4. The number of methoxy groups -OCH3 is 1. The van der Waals surface area contributed by atoms with Gasteiger partial charge < -0.3 is 9.15 Å². The maximum atomic E-state index is 11.4. The second-order valence-electron chi connectivity index (χ2n) is 3.96. The lowest BCUT2D eigenvalue weighted by Gasteiger charge is -2.01. The van der Waals surface area contributed by atoms with Crippen LogP contribution in [0.3, 0.4) is 0 Å². The number of fused-ring (bicyclic) bond motifs is 1. The van der Waals surface area contributed by atoms with E-state index < -0.39 is 0 Å². The third kappa shape index (κ3) is 1.48. The fourth-order valence-electron chi connectivity index (χ4n) is 1.91. The van der Waals surface area contributed by atoms with Crippen molar-refractivity contribution < 1.29 is 13.9 Å². The van der Waals surface area contributed by atoms with Crippen molar-refractivity contribution in [2.75, 3.05) is 7.11 Å². The monoisotopic (exact) mass is 218 g/mol. The number of ether oxygens (including phenoxy) is 1. The van der Waals surface area contributed by atoms with E-state index in [1.807, 2.05) is 26.0 Å². The number of carbonyl (C=O) groups is 1. The van der Waals surface area contributed by atoms with Crippen LogP contribution in [0.25, 0.3) is 11.0 Å². The zero-order valence-corrected chi connectivity index (χ0v) is 9.88. The summed E-state index contributed by atoms with van der Waals surface area (Å²) in [6, 6.07) is 3.90. The van der Waals surface area contributed by atoms with E-state index in [1.165, 1.54) is 6.92 Å². The minimum absolute atomic E-state index is 0.0617. The van der Waals surface area contributed by atoms with Gasteiger partial charge >= 0.3 is 0 Å². The molecule has 16 heavy (non-hydrogen) atoms. The lowest BCUT2D eigenvalue weighted by Crippen LogP contribution is -1.90. The normalized spacial score (nSPS) is 10.8. The molecule has 0 saturated carbocycles. The number of Topliss-reactive ketones (excluding diaryl/α,β-unsaturated/α-hetero) is 1. The van der Waals surface area contributed by atoms with E-state index in [1.54, 1.807) is 7.11 Å². The molecule has 0 aliphatic heterocycles. The number of furan rings is 1. The molecule has 2 rings (SSSR count). The van der Waals surface area contributed by atoms with Crippen LogP contribution in [0.2, 0.25) is 0 Å². The van der Waals surface area contributed by atoms with Crippen LogP contribution in [0.15, 0.2) is 16.5 Å². The molecule has 0 atom stereocenters. The molecule has 0 amide bonds. The van der Waals surface area contributed by atoms with Crippen LogP contribution in [-0.2, 0) is 0 Å². The molecular formula is C13H14O3. The second kappa shape index (κ2) is 3.67. The number of hydrogen-bond donors (Lipinski definition) is 0. The van der Waals surface area contributed by atoms with Gasteiger partial charge in [0.2, 0.25) is 0 Å².